The van der Waals surface area contributed by atoms with Gasteiger partial charge in [-0.1, -0.05) is 12.1 Å². The van der Waals surface area contributed by atoms with E-state index in [0.717, 1.165) is 19.4 Å². The van der Waals surface area contributed by atoms with Crippen LogP contribution in [-0.4, -0.2) is 11.1 Å². The molecule has 0 unspecified atom stereocenters. The molecule has 0 spiro atoms. The molecule has 0 aliphatic carbocycles. The van der Waals surface area contributed by atoms with Crippen molar-refractivity contribution >= 4 is 10.9 Å². The number of aryl methyl sites for hydroxylation is 3. The smallest absolute Gasteiger partial charge is 0.0483 e. The van der Waals surface area contributed by atoms with E-state index in [9.17, 15) is 0 Å². The molecule has 0 atom stereocenters. The summed E-state index contributed by atoms with van der Waals surface area (Å²) in [5.74, 6) is 0. The Kier molecular flexibility index (Phi) is 2.78. The molecular formula is C13H18N2. The molecule has 0 bridgehead atoms. The van der Waals surface area contributed by atoms with Crippen LogP contribution in [0.25, 0.3) is 10.9 Å². The van der Waals surface area contributed by atoms with Crippen LogP contribution in [0, 0.1) is 6.92 Å². The summed E-state index contributed by atoms with van der Waals surface area (Å²) < 4.78 is 2.19. The molecule has 2 heteroatoms. The van der Waals surface area contributed by atoms with Crippen LogP contribution in [0.15, 0.2) is 24.4 Å². The van der Waals surface area contributed by atoms with Crippen LogP contribution in [0.5, 0.6) is 0 Å². The molecular weight excluding hydrogens is 184 g/mol. The molecule has 1 aromatic carbocycles. The molecule has 0 aliphatic rings. The molecule has 80 valence electrons. The van der Waals surface area contributed by atoms with Crippen LogP contribution >= 0.6 is 0 Å². The summed E-state index contributed by atoms with van der Waals surface area (Å²) in [4.78, 5) is 0. The van der Waals surface area contributed by atoms with Crippen molar-refractivity contribution in [2.45, 2.75) is 19.8 Å². The van der Waals surface area contributed by atoms with E-state index in [0.29, 0.717) is 0 Å². The van der Waals surface area contributed by atoms with E-state index in [1.807, 2.05) is 0 Å². The van der Waals surface area contributed by atoms with E-state index in [4.69, 9.17) is 5.73 Å². The lowest BCUT2D eigenvalue weighted by atomic mass is 10.1. The van der Waals surface area contributed by atoms with Crippen molar-refractivity contribution < 1.29 is 0 Å². The molecule has 1 heterocycles. The normalized spacial score (nSPS) is 11.1. The lowest BCUT2D eigenvalue weighted by molar-refractivity contribution is 0.832. The van der Waals surface area contributed by atoms with Crippen molar-refractivity contribution in [1.82, 2.24) is 4.57 Å². The highest BCUT2D eigenvalue weighted by Crippen LogP contribution is 2.21. The minimum absolute atomic E-state index is 0.768. The molecule has 1 aromatic heterocycles. The van der Waals surface area contributed by atoms with E-state index in [1.165, 1.54) is 22.0 Å². The maximum Gasteiger partial charge on any atom is 0.0483 e. The SMILES string of the molecule is Cc1cn(C)c2cc(CCCN)ccc12. The summed E-state index contributed by atoms with van der Waals surface area (Å²) in [7, 11) is 2.10. The summed E-state index contributed by atoms with van der Waals surface area (Å²) >= 11 is 0. The van der Waals surface area contributed by atoms with Crippen molar-refractivity contribution in [3.8, 4) is 0 Å². The Labute approximate surface area is 90.7 Å². The molecule has 2 aromatic rings. The zero-order valence-corrected chi connectivity index (χ0v) is 9.46. The number of fused-ring (bicyclic) bond motifs is 1. The Morgan fingerprint density at radius 1 is 1.33 bits per heavy atom. The number of nitrogens with zero attached hydrogens (tertiary/aromatic N) is 1. The molecule has 0 saturated carbocycles. The lowest BCUT2D eigenvalue weighted by Gasteiger charge is -2.02. The highest BCUT2D eigenvalue weighted by atomic mass is 14.9. The van der Waals surface area contributed by atoms with Gasteiger partial charge in [-0.05, 0) is 43.5 Å². The van der Waals surface area contributed by atoms with E-state index in [1.54, 1.807) is 0 Å². The van der Waals surface area contributed by atoms with Crippen LogP contribution < -0.4 is 5.73 Å². The van der Waals surface area contributed by atoms with E-state index in [2.05, 4.69) is 42.9 Å². The summed E-state index contributed by atoms with van der Waals surface area (Å²) in [5, 5.41) is 1.36. The van der Waals surface area contributed by atoms with Crippen molar-refractivity contribution in [2.24, 2.45) is 12.8 Å². The summed E-state index contributed by atoms with van der Waals surface area (Å²) in [6, 6.07) is 6.71. The first-order chi connectivity index (χ1) is 7.22. The topological polar surface area (TPSA) is 30.9 Å². The molecule has 2 nitrogen and oxygen atoms in total. The molecule has 2 N–H and O–H groups in total. The maximum absolute atomic E-state index is 5.52. The molecule has 0 aliphatic heterocycles. The van der Waals surface area contributed by atoms with Gasteiger partial charge in [0, 0.05) is 24.1 Å². The second-order valence-electron chi connectivity index (χ2n) is 4.17. The van der Waals surface area contributed by atoms with Gasteiger partial charge in [0.2, 0.25) is 0 Å². The fraction of sp³-hybridized carbons (Fsp3) is 0.385. The van der Waals surface area contributed by atoms with Gasteiger partial charge in [-0.15, -0.1) is 0 Å². The number of rotatable bonds is 3. The van der Waals surface area contributed by atoms with Crippen molar-refractivity contribution in [1.29, 1.82) is 0 Å². The Hall–Kier alpha value is -1.28. The highest BCUT2D eigenvalue weighted by molar-refractivity contribution is 5.84. The Morgan fingerprint density at radius 3 is 2.87 bits per heavy atom. The summed E-state index contributed by atoms with van der Waals surface area (Å²) in [6.07, 6.45) is 4.32. The summed E-state index contributed by atoms with van der Waals surface area (Å²) in [5.41, 5.74) is 9.57. The molecule has 0 saturated heterocycles. The van der Waals surface area contributed by atoms with E-state index in [-0.39, 0.29) is 0 Å². The quantitative estimate of drug-likeness (QED) is 0.814. The predicted octanol–water partition coefficient (Wildman–Crippen LogP) is 2.38. The van der Waals surface area contributed by atoms with E-state index >= 15 is 0 Å². The lowest BCUT2D eigenvalue weighted by Crippen LogP contribution is -2.00. The largest absolute Gasteiger partial charge is 0.350 e. The van der Waals surface area contributed by atoms with Gasteiger partial charge in [0.05, 0.1) is 0 Å². The van der Waals surface area contributed by atoms with Gasteiger partial charge in [0.25, 0.3) is 0 Å². The second kappa shape index (κ2) is 4.07. The van der Waals surface area contributed by atoms with Gasteiger partial charge in [-0.2, -0.15) is 0 Å². The third-order valence-electron chi connectivity index (χ3n) is 2.92. The van der Waals surface area contributed by atoms with Crippen LogP contribution in [0.2, 0.25) is 0 Å². The monoisotopic (exact) mass is 202 g/mol. The van der Waals surface area contributed by atoms with Gasteiger partial charge < -0.3 is 10.3 Å². The number of hydrogen-bond acceptors (Lipinski definition) is 1. The van der Waals surface area contributed by atoms with Gasteiger partial charge in [0.15, 0.2) is 0 Å². The first-order valence-corrected chi connectivity index (χ1v) is 5.47. The van der Waals surface area contributed by atoms with Crippen LogP contribution in [0.1, 0.15) is 17.5 Å². The molecule has 0 radical (unpaired) electrons. The zero-order chi connectivity index (χ0) is 10.8. The van der Waals surface area contributed by atoms with Gasteiger partial charge in [0.1, 0.15) is 0 Å². The highest BCUT2D eigenvalue weighted by Gasteiger charge is 2.03. The van der Waals surface area contributed by atoms with Crippen LogP contribution in [0.3, 0.4) is 0 Å². The number of benzene rings is 1. The van der Waals surface area contributed by atoms with Gasteiger partial charge in [-0.25, -0.2) is 0 Å². The Bertz CT molecular complexity index is 469. The standard InChI is InChI=1S/C13H18N2/c1-10-9-15(2)13-8-11(4-3-7-14)5-6-12(10)13/h5-6,8-9H,3-4,7,14H2,1-2H3. The number of hydrogen-bond donors (Lipinski definition) is 1. The molecule has 15 heavy (non-hydrogen) atoms. The fourth-order valence-electron chi connectivity index (χ4n) is 2.09. The average molecular weight is 202 g/mol. The average Bonchev–Trinajstić information content (AvgIpc) is 2.52. The first kappa shape index (κ1) is 10.2. The van der Waals surface area contributed by atoms with Crippen molar-refractivity contribution in [2.75, 3.05) is 6.54 Å². The predicted molar refractivity (Wildman–Crippen MR) is 65.0 cm³/mol. The summed E-state index contributed by atoms with van der Waals surface area (Å²) in [6.45, 7) is 2.92. The Balaban J connectivity index is 2.41. The van der Waals surface area contributed by atoms with Gasteiger partial charge >= 0.3 is 0 Å². The minimum atomic E-state index is 0.768. The molecule has 0 amide bonds. The van der Waals surface area contributed by atoms with Crippen molar-refractivity contribution in [3.63, 3.8) is 0 Å². The van der Waals surface area contributed by atoms with Crippen molar-refractivity contribution in [3.05, 3.63) is 35.5 Å². The first-order valence-electron chi connectivity index (χ1n) is 5.47. The Morgan fingerprint density at radius 2 is 2.13 bits per heavy atom. The second-order valence-corrected chi connectivity index (χ2v) is 4.17. The van der Waals surface area contributed by atoms with Crippen LogP contribution in [-0.2, 0) is 13.5 Å². The number of aromatic nitrogens is 1. The fourth-order valence-corrected chi connectivity index (χ4v) is 2.09. The third-order valence-corrected chi connectivity index (χ3v) is 2.92. The van der Waals surface area contributed by atoms with E-state index < -0.39 is 0 Å². The molecule has 2 rings (SSSR count). The minimum Gasteiger partial charge on any atom is -0.350 e. The number of nitrogens with two attached hydrogens (primary N) is 1. The third kappa shape index (κ3) is 1.90. The van der Waals surface area contributed by atoms with Crippen LogP contribution in [0.4, 0.5) is 0 Å². The van der Waals surface area contributed by atoms with Gasteiger partial charge in [-0.3, -0.25) is 0 Å². The maximum atomic E-state index is 5.52. The molecule has 0 fully saturated rings. The zero-order valence-electron chi connectivity index (χ0n) is 9.46.